The Morgan fingerprint density at radius 2 is 1.65 bits per heavy atom. The molecule has 0 saturated heterocycles. The average molecular weight is 453 g/mol. The van der Waals surface area contributed by atoms with E-state index in [4.69, 9.17) is 4.42 Å². The lowest BCUT2D eigenvalue weighted by molar-refractivity contribution is 0.0994. The van der Waals surface area contributed by atoms with Gasteiger partial charge in [-0.1, -0.05) is 58.0 Å². The summed E-state index contributed by atoms with van der Waals surface area (Å²) in [7, 11) is 0. The summed E-state index contributed by atoms with van der Waals surface area (Å²) in [6.45, 7) is 11.6. The third-order valence-corrected chi connectivity index (χ3v) is 7.40. The Bertz CT molecular complexity index is 1390. The van der Waals surface area contributed by atoms with E-state index in [0.29, 0.717) is 18.0 Å². The van der Waals surface area contributed by atoms with Crippen LogP contribution in [0.5, 0.6) is 0 Å². The van der Waals surface area contributed by atoms with Gasteiger partial charge in [0.2, 0.25) is 0 Å². The molecule has 0 aliphatic heterocycles. The van der Waals surface area contributed by atoms with E-state index in [1.807, 2.05) is 42.5 Å². The van der Waals surface area contributed by atoms with Crippen molar-refractivity contribution >= 4 is 22.6 Å². The van der Waals surface area contributed by atoms with Gasteiger partial charge < -0.3 is 9.73 Å². The number of nitrogens with zero attached hydrogens (tertiary/aromatic N) is 1. The van der Waals surface area contributed by atoms with E-state index < -0.39 is 0 Å². The van der Waals surface area contributed by atoms with Gasteiger partial charge >= 0.3 is 0 Å². The summed E-state index contributed by atoms with van der Waals surface area (Å²) in [5, 5.41) is 3.89. The first kappa shape index (κ1) is 22.4. The number of carbonyl (C=O) groups is 1. The minimum absolute atomic E-state index is 0.161. The number of furan rings is 1. The van der Waals surface area contributed by atoms with Crippen LogP contribution in [0.2, 0.25) is 0 Å². The van der Waals surface area contributed by atoms with E-state index in [1.165, 1.54) is 35.1 Å². The Morgan fingerprint density at radius 3 is 2.41 bits per heavy atom. The van der Waals surface area contributed by atoms with E-state index in [0.717, 1.165) is 16.7 Å². The first-order valence-corrected chi connectivity index (χ1v) is 12.0. The van der Waals surface area contributed by atoms with Crippen molar-refractivity contribution in [3.8, 4) is 0 Å². The summed E-state index contributed by atoms with van der Waals surface area (Å²) in [6.07, 6.45) is 3.05. The highest BCUT2D eigenvalue weighted by Gasteiger charge is 2.37. The standard InChI is InChI=1S/C30H32N2O2/c1-19-16-23-24(30(4,5)15-14-29(23,2)3)18-21(19)17-22-11-12-26(34-22)28(33)32-27-13-10-20-8-6-7-9-25(20)31-27/h6-13,16,18H,14-15,17H2,1-5H3,(H,31,32,33). The number of hydrogen-bond acceptors (Lipinski definition) is 3. The van der Waals surface area contributed by atoms with E-state index >= 15 is 0 Å². The second-order valence-electron chi connectivity index (χ2n) is 10.9. The normalized spacial score (nSPS) is 16.3. The predicted octanol–water partition coefficient (Wildman–Crippen LogP) is 7.33. The maximum atomic E-state index is 12.8. The number of amides is 1. The molecule has 2 aromatic heterocycles. The van der Waals surface area contributed by atoms with Crippen molar-refractivity contribution in [1.82, 2.24) is 4.98 Å². The van der Waals surface area contributed by atoms with Crippen molar-refractivity contribution in [2.24, 2.45) is 0 Å². The summed E-state index contributed by atoms with van der Waals surface area (Å²) in [4.78, 5) is 17.3. The molecule has 1 amide bonds. The summed E-state index contributed by atoms with van der Waals surface area (Å²) in [6, 6.07) is 20.0. The number of aromatic nitrogens is 1. The van der Waals surface area contributed by atoms with Crippen LogP contribution in [0.15, 0.2) is 65.1 Å². The molecule has 4 aromatic rings. The second-order valence-corrected chi connectivity index (χ2v) is 10.9. The molecule has 0 unspecified atom stereocenters. The number of fused-ring (bicyclic) bond motifs is 2. The fraction of sp³-hybridized carbons (Fsp3) is 0.333. The van der Waals surface area contributed by atoms with E-state index in [1.54, 1.807) is 6.07 Å². The number of rotatable bonds is 4. The first-order chi connectivity index (χ1) is 16.1. The number of benzene rings is 2. The van der Waals surface area contributed by atoms with Gasteiger partial charge in [0, 0.05) is 11.8 Å². The third kappa shape index (κ3) is 4.13. The van der Waals surface area contributed by atoms with Gasteiger partial charge in [-0.05, 0) is 83.2 Å². The highest BCUT2D eigenvalue weighted by Crippen LogP contribution is 2.46. The summed E-state index contributed by atoms with van der Waals surface area (Å²) >= 11 is 0. The number of carbonyl (C=O) groups excluding carboxylic acids is 1. The molecule has 1 aliphatic carbocycles. The summed E-state index contributed by atoms with van der Waals surface area (Å²) in [5.74, 6) is 1.30. The lowest BCUT2D eigenvalue weighted by Crippen LogP contribution is -2.34. The molecule has 4 heteroatoms. The van der Waals surface area contributed by atoms with E-state index in [9.17, 15) is 4.79 Å². The van der Waals surface area contributed by atoms with Gasteiger partial charge in [-0.15, -0.1) is 0 Å². The Morgan fingerprint density at radius 1 is 0.941 bits per heavy atom. The minimum atomic E-state index is -0.293. The molecule has 0 fully saturated rings. The zero-order chi connectivity index (χ0) is 24.1. The van der Waals surface area contributed by atoms with Crippen molar-refractivity contribution in [3.05, 3.63) is 94.4 Å². The molecule has 174 valence electrons. The molecular weight excluding hydrogens is 420 g/mol. The van der Waals surface area contributed by atoms with Crippen LogP contribution >= 0.6 is 0 Å². The topological polar surface area (TPSA) is 55.1 Å². The fourth-order valence-corrected chi connectivity index (χ4v) is 5.05. The molecule has 2 heterocycles. The van der Waals surface area contributed by atoms with Crippen molar-refractivity contribution in [3.63, 3.8) is 0 Å². The summed E-state index contributed by atoms with van der Waals surface area (Å²) in [5.41, 5.74) is 6.63. The summed E-state index contributed by atoms with van der Waals surface area (Å²) < 4.78 is 5.96. The zero-order valence-electron chi connectivity index (χ0n) is 20.7. The van der Waals surface area contributed by atoms with Gasteiger partial charge in [0.1, 0.15) is 11.6 Å². The van der Waals surface area contributed by atoms with Gasteiger partial charge in [-0.3, -0.25) is 4.79 Å². The van der Waals surface area contributed by atoms with E-state index in [-0.39, 0.29) is 16.7 Å². The SMILES string of the molecule is Cc1cc2c(cc1Cc1ccc(C(=O)Nc3ccc4ccccc4n3)o1)C(C)(C)CCC2(C)C. The predicted molar refractivity (Wildman–Crippen MR) is 138 cm³/mol. The lowest BCUT2D eigenvalue weighted by Gasteiger charge is -2.42. The van der Waals surface area contributed by atoms with Crippen LogP contribution in [0, 0.1) is 6.92 Å². The number of para-hydroxylation sites is 1. The fourth-order valence-electron chi connectivity index (χ4n) is 5.05. The zero-order valence-corrected chi connectivity index (χ0v) is 20.7. The number of pyridine rings is 1. The van der Waals surface area contributed by atoms with Crippen molar-refractivity contribution < 1.29 is 9.21 Å². The van der Waals surface area contributed by atoms with Crippen molar-refractivity contribution in [1.29, 1.82) is 0 Å². The van der Waals surface area contributed by atoms with Crippen LogP contribution in [-0.2, 0) is 17.3 Å². The molecule has 1 aliphatic rings. The van der Waals surface area contributed by atoms with Crippen LogP contribution < -0.4 is 5.32 Å². The molecule has 5 rings (SSSR count). The smallest absolute Gasteiger partial charge is 0.292 e. The molecule has 0 radical (unpaired) electrons. The van der Waals surface area contributed by atoms with Crippen LogP contribution in [0.3, 0.4) is 0 Å². The molecule has 0 spiro atoms. The maximum Gasteiger partial charge on any atom is 0.292 e. The quantitative estimate of drug-likeness (QED) is 0.353. The van der Waals surface area contributed by atoms with Crippen LogP contribution in [0.4, 0.5) is 5.82 Å². The van der Waals surface area contributed by atoms with Crippen molar-refractivity contribution in [2.45, 2.75) is 64.7 Å². The van der Waals surface area contributed by atoms with Crippen molar-refractivity contribution in [2.75, 3.05) is 5.32 Å². The number of hydrogen-bond donors (Lipinski definition) is 1. The maximum absolute atomic E-state index is 12.8. The van der Waals surface area contributed by atoms with Crippen LogP contribution in [-0.4, -0.2) is 10.9 Å². The Balaban J connectivity index is 1.36. The van der Waals surface area contributed by atoms with E-state index in [2.05, 4.69) is 57.1 Å². The largest absolute Gasteiger partial charge is 0.456 e. The lowest BCUT2D eigenvalue weighted by atomic mass is 9.62. The number of anilines is 1. The van der Waals surface area contributed by atoms with Gasteiger partial charge in [0.25, 0.3) is 5.91 Å². The Labute approximate surface area is 201 Å². The molecule has 34 heavy (non-hydrogen) atoms. The molecule has 2 aromatic carbocycles. The molecular formula is C30H32N2O2. The first-order valence-electron chi connectivity index (χ1n) is 12.0. The Hall–Kier alpha value is -3.40. The average Bonchev–Trinajstić information content (AvgIpc) is 3.27. The highest BCUT2D eigenvalue weighted by molar-refractivity contribution is 6.02. The van der Waals surface area contributed by atoms with Gasteiger partial charge in [-0.2, -0.15) is 0 Å². The molecule has 4 nitrogen and oxygen atoms in total. The minimum Gasteiger partial charge on any atom is -0.456 e. The molecule has 0 atom stereocenters. The van der Waals surface area contributed by atoms with Crippen LogP contribution in [0.25, 0.3) is 10.9 Å². The number of aryl methyl sites for hydroxylation is 1. The Kier molecular flexibility index (Phi) is 5.35. The molecule has 0 saturated carbocycles. The van der Waals surface area contributed by atoms with Gasteiger partial charge in [-0.25, -0.2) is 4.98 Å². The third-order valence-electron chi connectivity index (χ3n) is 7.40. The monoisotopic (exact) mass is 452 g/mol. The van der Waals surface area contributed by atoms with Gasteiger partial charge in [0.15, 0.2) is 5.76 Å². The highest BCUT2D eigenvalue weighted by atomic mass is 16.3. The second kappa shape index (κ2) is 8.12. The number of nitrogens with one attached hydrogen (secondary N) is 1. The van der Waals surface area contributed by atoms with Crippen LogP contribution in [0.1, 0.15) is 79.1 Å². The van der Waals surface area contributed by atoms with Gasteiger partial charge in [0.05, 0.1) is 5.52 Å². The molecule has 1 N–H and O–H groups in total. The molecule has 0 bridgehead atoms.